The van der Waals surface area contributed by atoms with Crippen LogP contribution in [-0.2, 0) is 6.42 Å². The first-order valence-corrected chi connectivity index (χ1v) is 8.11. The Labute approximate surface area is 124 Å². The van der Waals surface area contributed by atoms with Crippen LogP contribution in [0.5, 0.6) is 0 Å². The Morgan fingerprint density at radius 2 is 1.85 bits per heavy atom. The van der Waals surface area contributed by atoms with Crippen LogP contribution >= 0.6 is 0 Å². The van der Waals surface area contributed by atoms with Gasteiger partial charge >= 0.3 is 0 Å². The monoisotopic (exact) mass is 274 g/mol. The van der Waals surface area contributed by atoms with Gasteiger partial charge in [0.2, 0.25) is 0 Å². The van der Waals surface area contributed by atoms with Gasteiger partial charge in [-0.05, 0) is 49.3 Å². The molecule has 0 aromatic heterocycles. The Morgan fingerprint density at radius 1 is 1.20 bits per heavy atom. The molecule has 2 heteroatoms. The van der Waals surface area contributed by atoms with E-state index >= 15 is 0 Å². The molecule has 1 aliphatic heterocycles. The molecular weight excluding hydrogens is 244 g/mol. The molecule has 112 valence electrons. The topological polar surface area (TPSA) is 29.3 Å². The fourth-order valence-electron chi connectivity index (χ4n) is 3.15. The summed E-state index contributed by atoms with van der Waals surface area (Å²) < 4.78 is 0. The number of hydrogen-bond donors (Lipinski definition) is 1. The maximum absolute atomic E-state index is 6.50. The van der Waals surface area contributed by atoms with Gasteiger partial charge in [-0.3, -0.25) is 4.90 Å². The van der Waals surface area contributed by atoms with Gasteiger partial charge < -0.3 is 5.73 Å². The summed E-state index contributed by atoms with van der Waals surface area (Å²) in [7, 11) is 0. The van der Waals surface area contributed by atoms with Crippen LogP contribution in [0.4, 0.5) is 0 Å². The van der Waals surface area contributed by atoms with Crippen molar-refractivity contribution < 1.29 is 0 Å². The van der Waals surface area contributed by atoms with Gasteiger partial charge in [-0.1, -0.05) is 45.0 Å². The molecule has 2 rings (SSSR count). The third-order valence-electron chi connectivity index (χ3n) is 5.23. The molecule has 0 saturated carbocycles. The molecule has 4 unspecified atom stereocenters. The highest BCUT2D eigenvalue weighted by Gasteiger charge is 2.28. The molecule has 0 radical (unpaired) electrons. The summed E-state index contributed by atoms with van der Waals surface area (Å²) >= 11 is 0. The third-order valence-corrected chi connectivity index (χ3v) is 5.23. The van der Waals surface area contributed by atoms with Crippen molar-refractivity contribution in [3.8, 4) is 0 Å². The molecule has 2 nitrogen and oxygen atoms in total. The second-order valence-corrected chi connectivity index (χ2v) is 6.60. The zero-order chi connectivity index (χ0) is 14.7. The fourth-order valence-corrected chi connectivity index (χ4v) is 3.15. The van der Waals surface area contributed by atoms with E-state index in [1.165, 1.54) is 30.6 Å². The molecule has 1 aromatic rings. The lowest BCUT2D eigenvalue weighted by Gasteiger charge is -2.41. The van der Waals surface area contributed by atoms with Crippen molar-refractivity contribution in [2.24, 2.45) is 17.6 Å². The van der Waals surface area contributed by atoms with Gasteiger partial charge in [-0.15, -0.1) is 0 Å². The molecular formula is C18H30N2. The zero-order valence-electron chi connectivity index (χ0n) is 13.5. The van der Waals surface area contributed by atoms with Gasteiger partial charge in [0, 0.05) is 18.6 Å². The molecule has 20 heavy (non-hydrogen) atoms. The quantitative estimate of drug-likeness (QED) is 0.908. The highest BCUT2D eigenvalue weighted by molar-refractivity contribution is 5.25. The van der Waals surface area contributed by atoms with Crippen LogP contribution in [0.2, 0.25) is 0 Å². The van der Waals surface area contributed by atoms with E-state index in [2.05, 4.69) is 56.9 Å². The second-order valence-electron chi connectivity index (χ2n) is 6.60. The molecule has 0 amide bonds. The number of nitrogens with two attached hydrogens (primary N) is 1. The highest BCUT2D eigenvalue weighted by Crippen LogP contribution is 2.27. The summed E-state index contributed by atoms with van der Waals surface area (Å²) in [5.74, 6) is 1.62. The van der Waals surface area contributed by atoms with Gasteiger partial charge in [-0.25, -0.2) is 0 Å². The van der Waals surface area contributed by atoms with Gasteiger partial charge in [0.1, 0.15) is 0 Å². The van der Waals surface area contributed by atoms with E-state index in [-0.39, 0.29) is 6.04 Å². The second kappa shape index (κ2) is 6.73. The van der Waals surface area contributed by atoms with Crippen molar-refractivity contribution in [2.45, 2.75) is 52.6 Å². The number of nitrogens with zero attached hydrogens (tertiary/aromatic N) is 1. The van der Waals surface area contributed by atoms with Gasteiger partial charge in [-0.2, -0.15) is 0 Å². The number of benzene rings is 1. The predicted molar refractivity (Wildman–Crippen MR) is 86.7 cm³/mol. The summed E-state index contributed by atoms with van der Waals surface area (Å²) in [5, 5.41) is 0. The van der Waals surface area contributed by atoms with Crippen molar-refractivity contribution in [1.82, 2.24) is 4.90 Å². The van der Waals surface area contributed by atoms with E-state index in [1.54, 1.807) is 0 Å². The van der Waals surface area contributed by atoms with Crippen LogP contribution in [0, 0.1) is 11.8 Å². The summed E-state index contributed by atoms with van der Waals surface area (Å²) in [6, 6.07) is 9.36. The molecule has 0 bridgehead atoms. The average Bonchev–Trinajstić information content (AvgIpc) is 2.48. The molecule has 1 saturated heterocycles. The Bertz CT molecular complexity index is 412. The Morgan fingerprint density at radius 3 is 2.40 bits per heavy atom. The van der Waals surface area contributed by atoms with Crippen molar-refractivity contribution >= 4 is 0 Å². The van der Waals surface area contributed by atoms with Crippen LogP contribution in [-0.4, -0.2) is 24.0 Å². The maximum Gasteiger partial charge on any atom is 0.0450 e. The van der Waals surface area contributed by atoms with Gasteiger partial charge in [0.05, 0.1) is 0 Å². The van der Waals surface area contributed by atoms with Crippen molar-refractivity contribution in [2.75, 3.05) is 13.1 Å². The molecule has 1 heterocycles. The standard InChI is InChI=1S/C18H30N2/c1-5-16-6-8-17(9-7-16)18(19)15(4)20-11-10-13(2)14(3)12-20/h6-9,13-15,18H,5,10-12,19H2,1-4H3. The van der Waals surface area contributed by atoms with E-state index in [9.17, 15) is 0 Å². The minimum absolute atomic E-state index is 0.113. The Hall–Kier alpha value is -0.860. The first kappa shape index (κ1) is 15.5. The summed E-state index contributed by atoms with van der Waals surface area (Å²) in [4.78, 5) is 2.57. The SMILES string of the molecule is CCc1ccc(C(N)C(C)N2CCC(C)C(C)C2)cc1. The highest BCUT2D eigenvalue weighted by atomic mass is 15.2. The maximum atomic E-state index is 6.50. The van der Waals surface area contributed by atoms with Gasteiger partial charge in [0.15, 0.2) is 0 Å². The lowest BCUT2D eigenvalue weighted by molar-refractivity contribution is 0.0908. The molecule has 0 spiro atoms. The van der Waals surface area contributed by atoms with Crippen LogP contribution in [0.3, 0.4) is 0 Å². The number of hydrogen-bond acceptors (Lipinski definition) is 2. The van der Waals surface area contributed by atoms with E-state index < -0.39 is 0 Å². The summed E-state index contributed by atoms with van der Waals surface area (Å²) in [6.45, 7) is 11.6. The van der Waals surface area contributed by atoms with Crippen LogP contribution < -0.4 is 5.73 Å². The zero-order valence-corrected chi connectivity index (χ0v) is 13.5. The first-order valence-electron chi connectivity index (χ1n) is 8.11. The molecule has 2 N–H and O–H groups in total. The number of rotatable bonds is 4. The van der Waals surface area contributed by atoms with Crippen molar-refractivity contribution in [3.63, 3.8) is 0 Å². The molecule has 1 fully saturated rings. The van der Waals surface area contributed by atoms with Gasteiger partial charge in [0.25, 0.3) is 0 Å². The van der Waals surface area contributed by atoms with Crippen molar-refractivity contribution in [3.05, 3.63) is 35.4 Å². The lowest BCUT2D eigenvalue weighted by Crippen LogP contribution is -2.47. The van der Waals surface area contributed by atoms with E-state index in [0.717, 1.165) is 18.3 Å². The Balaban J connectivity index is 2.02. The number of piperidine rings is 1. The smallest absolute Gasteiger partial charge is 0.0450 e. The first-order chi connectivity index (χ1) is 9.52. The normalized spacial score (nSPS) is 27.2. The molecule has 1 aliphatic rings. The predicted octanol–water partition coefficient (Wildman–Crippen LogP) is 3.62. The lowest BCUT2D eigenvalue weighted by atomic mass is 9.87. The Kier molecular flexibility index (Phi) is 5.22. The van der Waals surface area contributed by atoms with Crippen LogP contribution in [0.15, 0.2) is 24.3 Å². The average molecular weight is 274 g/mol. The number of likely N-dealkylation sites (tertiary alicyclic amines) is 1. The van der Waals surface area contributed by atoms with Crippen LogP contribution in [0.1, 0.15) is 51.3 Å². The minimum Gasteiger partial charge on any atom is -0.323 e. The third kappa shape index (κ3) is 3.42. The minimum atomic E-state index is 0.113. The molecule has 1 aromatic carbocycles. The number of aryl methyl sites for hydroxylation is 1. The van der Waals surface area contributed by atoms with E-state index in [1.807, 2.05) is 0 Å². The molecule has 4 atom stereocenters. The van der Waals surface area contributed by atoms with E-state index in [4.69, 9.17) is 5.73 Å². The summed E-state index contributed by atoms with van der Waals surface area (Å²) in [6.07, 6.45) is 2.39. The summed E-state index contributed by atoms with van der Waals surface area (Å²) in [5.41, 5.74) is 9.15. The largest absolute Gasteiger partial charge is 0.323 e. The van der Waals surface area contributed by atoms with E-state index in [0.29, 0.717) is 6.04 Å². The van der Waals surface area contributed by atoms with Crippen molar-refractivity contribution in [1.29, 1.82) is 0 Å². The fraction of sp³-hybridized carbons (Fsp3) is 0.667. The molecule has 0 aliphatic carbocycles. The van der Waals surface area contributed by atoms with Crippen LogP contribution in [0.25, 0.3) is 0 Å².